The summed E-state index contributed by atoms with van der Waals surface area (Å²) in [6.45, 7) is 2.08. The molecule has 1 aliphatic heterocycles. The highest BCUT2D eigenvalue weighted by atomic mass is 19.1. The number of fused-ring (bicyclic) bond motifs is 1. The summed E-state index contributed by atoms with van der Waals surface area (Å²) in [4.78, 5) is 10.5. The van der Waals surface area contributed by atoms with Gasteiger partial charge in [-0.15, -0.1) is 0 Å². The van der Waals surface area contributed by atoms with Crippen LogP contribution >= 0.6 is 0 Å². The van der Waals surface area contributed by atoms with E-state index >= 15 is 0 Å². The lowest BCUT2D eigenvalue weighted by atomic mass is 9.97. The van der Waals surface area contributed by atoms with Gasteiger partial charge in [0.25, 0.3) is 0 Å². The van der Waals surface area contributed by atoms with Crippen LogP contribution in [-0.2, 0) is 6.42 Å². The van der Waals surface area contributed by atoms with Gasteiger partial charge in [-0.3, -0.25) is 4.79 Å². The Labute approximate surface area is 82.1 Å². The van der Waals surface area contributed by atoms with Crippen LogP contribution in [0, 0.1) is 5.82 Å². The molecule has 2 rings (SSSR count). The molecule has 1 aromatic rings. The third-order valence-corrected chi connectivity index (χ3v) is 2.60. The van der Waals surface area contributed by atoms with Crippen LogP contribution in [0.25, 0.3) is 0 Å². The van der Waals surface area contributed by atoms with Crippen molar-refractivity contribution in [2.75, 3.05) is 5.32 Å². The standard InChI is InChI=1S/C11H12FNO/c1-7-2-3-8-4-10(12)9(6-14)5-11(8)13-7/h4-7,13H,2-3H2,1H3. The number of benzene rings is 1. The highest BCUT2D eigenvalue weighted by Crippen LogP contribution is 2.26. The molecule has 1 unspecified atom stereocenters. The maximum atomic E-state index is 13.2. The lowest BCUT2D eigenvalue weighted by Gasteiger charge is -2.24. The zero-order valence-corrected chi connectivity index (χ0v) is 8.01. The number of anilines is 1. The molecule has 0 aliphatic carbocycles. The molecule has 0 radical (unpaired) electrons. The van der Waals surface area contributed by atoms with Crippen LogP contribution in [0.2, 0.25) is 0 Å². The second kappa shape index (κ2) is 3.40. The van der Waals surface area contributed by atoms with Gasteiger partial charge in [0, 0.05) is 11.7 Å². The average molecular weight is 193 g/mol. The van der Waals surface area contributed by atoms with Gasteiger partial charge in [0.2, 0.25) is 0 Å². The highest BCUT2D eigenvalue weighted by molar-refractivity contribution is 5.78. The van der Waals surface area contributed by atoms with Gasteiger partial charge < -0.3 is 5.32 Å². The third kappa shape index (κ3) is 1.50. The van der Waals surface area contributed by atoms with E-state index in [1.807, 2.05) is 0 Å². The Balaban J connectivity index is 2.46. The molecule has 0 amide bonds. The number of aldehydes is 1. The Morgan fingerprint density at radius 2 is 2.36 bits per heavy atom. The molecule has 0 spiro atoms. The van der Waals surface area contributed by atoms with E-state index in [4.69, 9.17) is 0 Å². The zero-order valence-electron chi connectivity index (χ0n) is 8.01. The van der Waals surface area contributed by atoms with Crippen molar-refractivity contribution in [2.24, 2.45) is 0 Å². The molecule has 1 heterocycles. The van der Waals surface area contributed by atoms with Crippen molar-refractivity contribution >= 4 is 12.0 Å². The van der Waals surface area contributed by atoms with Crippen LogP contribution in [0.4, 0.5) is 10.1 Å². The molecular formula is C11H12FNO. The number of hydrogen-bond acceptors (Lipinski definition) is 2. The second-order valence-corrected chi connectivity index (χ2v) is 3.73. The fourth-order valence-electron chi connectivity index (χ4n) is 1.77. The molecule has 1 atom stereocenters. The van der Waals surface area contributed by atoms with E-state index in [0.717, 1.165) is 24.1 Å². The third-order valence-electron chi connectivity index (χ3n) is 2.60. The van der Waals surface area contributed by atoms with Gasteiger partial charge >= 0.3 is 0 Å². The fourth-order valence-corrected chi connectivity index (χ4v) is 1.77. The number of hydrogen-bond donors (Lipinski definition) is 1. The molecule has 0 fully saturated rings. The van der Waals surface area contributed by atoms with Crippen LogP contribution in [0.5, 0.6) is 0 Å². The summed E-state index contributed by atoms with van der Waals surface area (Å²) < 4.78 is 13.2. The first-order valence-electron chi connectivity index (χ1n) is 4.75. The minimum atomic E-state index is -0.421. The molecule has 3 heteroatoms. The Morgan fingerprint density at radius 1 is 1.57 bits per heavy atom. The summed E-state index contributed by atoms with van der Waals surface area (Å²) in [6, 6.07) is 3.44. The van der Waals surface area contributed by atoms with E-state index in [9.17, 15) is 9.18 Å². The van der Waals surface area contributed by atoms with Gasteiger partial charge in [-0.25, -0.2) is 4.39 Å². The number of aryl methyl sites for hydroxylation is 1. The molecule has 0 aromatic heterocycles. The van der Waals surface area contributed by atoms with E-state index in [2.05, 4.69) is 12.2 Å². The van der Waals surface area contributed by atoms with Crippen LogP contribution in [0.15, 0.2) is 12.1 Å². The largest absolute Gasteiger partial charge is 0.382 e. The Bertz CT molecular complexity index is 376. The zero-order chi connectivity index (χ0) is 10.1. The maximum Gasteiger partial charge on any atom is 0.153 e. The van der Waals surface area contributed by atoms with E-state index in [1.54, 1.807) is 6.07 Å². The van der Waals surface area contributed by atoms with E-state index < -0.39 is 5.82 Å². The molecule has 74 valence electrons. The van der Waals surface area contributed by atoms with Crippen LogP contribution in [0.3, 0.4) is 0 Å². The molecule has 0 saturated heterocycles. The summed E-state index contributed by atoms with van der Waals surface area (Å²) in [5, 5.41) is 3.24. The SMILES string of the molecule is CC1CCc2cc(F)c(C=O)cc2N1. The van der Waals surface area contributed by atoms with Crippen molar-refractivity contribution in [2.45, 2.75) is 25.8 Å². The van der Waals surface area contributed by atoms with Gasteiger partial charge in [-0.2, -0.15) is 0 Å². The van der Waals surface area contributed by atoms with Crippen molar-refractivity contribution in [3.05, 3.63) is 29.1 Å². The van der Waals surface area contributed by atoms with Crippen LogP contribution < -0.4 is 5.32 Å². The highest BCUT2D eigenvalue weighted by Gasteiger charge is 2.16. The molecular weight excluding hydrogens is 181 g/mol. The minimum Gasteiger partial charge on any atom is -0.382 e. The normalized spacial score (nSPS) is 19.7. The number of nitrogens with one attached hydrogen (secondary N) is 1. The first-order valence-corrected chi connectivity index (χ1v) is 4.75. The number of carbonyl (C=O) groups is 1. The van der Waals surface area contributed by atoms with Gasteiger partial charge in [0.05, 0.1) is 5.56 Å². The van der Waals surface area contributed by atoms with Crippen LogP contribution in [-0.4, -0.2) is 12.3 Å². The van der Waals surface area contributed by atoms with Gasteiger partial charge in [0.1, 0.15) is 5.82 Å². The fraction of sp³-hybridized carbons (Fsp3) is 0.364. The van der Waals surface area contributed by atoms with Crippen molar-refractivity contribution in [3.63, 3.8) is 0 Å². The Morgan fingerprint density at radius 3 is 3.07 bits per heavy atom. The summed E-state index contributed by atoms with van der Waals surface area (Å²) in [5.74, 6) is -0.421. The molecule has 2 nitrogen and oxygen atoms in total. The molecule has 0 saturated carbocycles. The van der Waals surface area contributed by atoms with Gasteiger partial charge in [-0.05, 0) is 37.5 Å². The lowest BCUT2D eigenvalue weighted by molar-refractivity contribution is 0.112. The summed E-state index contributed by atoms with van der Waals surface area (Å²) >= 11 is 0. The number of carbonyl (C=O) groups excluding carboxylic acids is 1. The summed E-state index contributed by atoms with van der Waals surface area (Å²) in [7, 11) is 0. The summed E-state index contributed by atoms with van der Waals surface area (Å²) in [5.41, 5.74) is 1.99. The maximum absolute atomic E-state index is 13.2. The Hall–Kier alpha value is -1.38. The van der Waals surface area contributed by atoms with E-state index in [1.165, 1.54) is 6.07 Å². The molecule has 1 aromatic carbocycles. The first kappa shape index (κ1) is 9.19. The van der Waals surface area contributed by atoms with Crippen molar-refractivity contribution in [1.29, 1.82) is 0 Å². The average Bonchev–Trinajstić information content (AvgIpc) is 2.17. The molecule has 1 N–H and O–H groups in total. The summed E-state index contributed by atoms with van der Waals surface area (Å²) in [6.07, 6.45) is 2.43. The first-order chi connectivity index (χ1) is 6.70. The molecule has 0 bridgehead atoms. The Kier molecular flexibility index (Phi) is 2.23. The smallest absolute Gasteiger partial charge is 0.153 e. The topological polar surface area (TPSA) is 29.1 Å². The van der Waals surface area contributed by atoms with E-state index in [0.29, 0.717) is 12.3 Å². The predicted octanol–water partition coefficient (Wildman–Crippen LogP) is 2.38. The van der Waals surface area contributed by atoms with Crippen molar-refractivity contribution in [1.82, 2.24) is 0 Å². The second-order valence-electron chi connectivity index (χ2n) is 3.73. The van der Waals surface area contributed by atoms with Gasteiger partial charge in [0.15, 0.2) is 6.29 Å². The molecule has 1 aliphatic rings. The monoisotopic (exact) mass is 193 g/mol. The lowest BCUT2D eigenvalue weighted by Crippen LogP contribution is -2.22. The minimum absolute atomic E-state index is 0.130. The molecule has 14 heavy (non-hydrogen) atoms. The number of rotatable bonds is 1. The quantitative estimate of drug-likeness (QED) is 0.694. The van der Waals surface area contributed by atoms with E-state index in [-0.39, 0.29) is 5.56 Å². The number of halogens is 1. The van der Waals surface area contributed by atoms with Crippen LogP contribution in [0.1, 0.15) is 29.3 Å². The van der Waals surface area contributed by atoms with Crippen molar-refractivity contribution < 1.29 is 9.18 Å². The van der Waals surface area contributed by atoms with Gasteiger partial charge in [-0.1, -0.05) is 0 Å². The van der Waals surface area contributed by atoms with Crippen molar-refractivity contribution in [3.8, 4) is 0 Å². The predicted molar refractivity (Wildman–Crippen MR) is 53.2 cm³/mol.